The minimum atomic E-state index is -0.228. The third kappa shape index (κ3) is 2.56. The molecule has 0 saturated carbocycles. The Morgan fingerprint density at radius 2 is 2.15 bits per heavy atom. The standard InChI is InChI=1S/C10H10O3/c11-10(6-9-7-12-9)13-8-4-2-1-3-5-8/h1-5,9H,6-7H2. The van der Waals surface area contributed by atoms with E-state index in [1.54, 1.807) is 12.1 Å². The smallest absolute Gasteiger partial charge is 0.313 e. The van der Waals surface area contributed by atoms with Crippen molar-refractivity contribution in [2.24, 2.45) is 0 Å². The summed E-state index contributed by atoms with van der Waals surface area (Å²) in [4.78, 5) is 11.2. The van der Waals surface area contributed by atoms with Gasteiger partial charge in [0.1, 0.15) is 5.75 Å². The average Bonchev–Trinajstić information content (AvgIpc) is 2.90. The van der Waals surface area contributed by atoms with E-state index in [1.165, 1.54) is 0 Å². The molecular weight excluding hydrogens is 168 g/mol. The molecule has 0 aliphatic carbocycles. The van der Waals surface area contributed by atoms with Gasteiger partial charge in [0.25, 0.3) is 0 Å². The zero-order valence-corrected chi connectivity index (χ0v) is 7.10. The van der Waals surface area contributed by atoms with Gasteiger partial charge in [0, 0.05) is 0 Å². The van der Waals surface area contributed by atoms with Crippen molar-refractivity contribution in [3.05, 3.63) is 30.3 Å². The van der Waals surface area contributed by atoms with Crippen LogP contribution in [0.2, 0.25) is 0 Å². The Hall–Kier alpha value is -1.35. The molecule has 1 heterocycles. The van der Waals surface area contributed by atoms with Crippen molar-refractivity contribution in [3.63, 3.8) is 0 Å². The number of benzene rings is 1. The minimum Gasteiger partial charge on any atom is -0.426 e. The highest BCUT2D eigenvalue weighted by atomic mass is 16.6. The van der Waals surface area contributed by atoms with E-state index in [0.29, 0.717) is 18.8 Å². The second-order valence-electron chi connectivity index (χ2n) is 2.95. The van der Waals surface area contributed by atoms with Gasteiger partial charge in [0.05, 0.1) is 19.1 Å². The lowest BCUT2D eigenvalue weighted by Gasteiger charge is -2.01. The summed E-state index contributed by atoms with van der Waals surface area (Å²) in [6.45, 7) is 0.684. The first-order valence-electron chi connectivity index (χ1n) is 4.22. The molecule has 0 aromatic heterocycles. The molecule has 1 aromatic rings. The fourth-order valence-electron chi connectivity index (χ4n) is 1.03. The summed E-state index contributed by atoms with van der Waals surface area (Å²) in [7, 11) is 0. The minimum absolute atomic E-state index is 0.0937. The summed E-state index contributed by atoms with van der Waals surface area (Å²) in [6, 6.07) is 9.05. The maximum absolute atomic E-state index is 11.2. The number of ether oxygens (including phenoxy) is 2. The van der Waals surface area contributed by atoms with Crippen LogP contribution in [0.25, 0.3) is 0 Å². The summed E-state index contributed by atoms with van der Waals surface area (Å²) in [5.41, 5.74) is 0. The molecule has 1 fully saturated rings. The van der Waals surface area contributed by atoms with Crippen molar-refractivity contribution < 1.29 is 14.3 Å². The topological polar surface area (TPSA) is 38.8 Å². The Morgan fingerprint density at radius 1 is 1.46 bits per heavy atom. The number of epoxide rings is 1. The summed E-state index contributed by atoms with van der Waals surface area (Å²) >= 11 is 0. The fraction of sp³-hybridized carbons (Fsp3) is 0.300. The van der Waals surface area contributed by atoms with Crippen molar-refractivity contribution in [3.8, 4) is 5.75 Å². The number of hydrogen-bond acceptors (Lipinski definition) is 3. The van der Waals surface area contributed by atoms with Gasteiger partial charge in [0.15, 0.2) is 0 Å². The van der Waals surface area contributed by atoms with Gasteiger partial charge in [-0.25, -0.2) is 0 Å². The van der Waals surface area contributed by atoms with Gasteiger partial charge in [-0.15, -0.1) is 0 Å². The highest BCUT2D eigenvalue weighted by molar-refractivity contribution is 5.73. The third-order valence-corrected chi connectivity index (χ3v) is 1.77. The molecular formula is C10H10O3. The number of hydrogen-bond donors (Lipinski definition) is 0. The van der Waals surface area contributed by atoms with Gasteiger partial charge in [-0.1, -0.05) is 18.2 Å². The van der Waals surface area contributed by atoms with Crippen LogP contribution >= 0.6 is 0 Å². The van der Waals surface area contributed by atoms with E-state index in [9.17, 15) is 4.79 Å². The predicted molar refractivity (Wildman–Crippen MR) is 46.4 cm³/mol. The predicted octanol–water partition coefficient (Wildman–Crippen LogP) is 1.38. The van der Waals surface area contributed by atoms with E-state index in [1.807, 2.05) is 18.2 Å². The first kappa shape index (κ1) is 8.26. The molecule has 0 amide bonds. The molecule has 0 N–H and O–H groups in total. The van der Waals surface area contributed by atoms with Crippen LogP contribution in [0.4, 0.5) is 0 Å². The van der Waals surface area contributed by atoms with Gasteiger partial charge in [0.2, 0.25) is 0 Å². The van der Waals surface area contributed by atoms with Crippen LogP contribution in [0.3, 0.4) is 0 Å². The first-order chi connectivity index (χ1) is 6.34. The van der Waals surface area contributed by atoms with Crippen LogP contribution in [0.5, 0.6) is 5.75 Å². The molecule has 1 unspecified atom stereocenters. The van der Waals surface area contributed by atoms with E-state index in [4.69, 9.17) is 9.47 Å². The quantitative estimate of drug-likeness (QED) is 0.398. The van der Waals surface area contributed by atoms with Crippen molar-refractivity contribution in [1.29, 1.82) is 0 Å². The Labute approximate surface area is 76.3 Å². The van der Waals surface area contributed by atoms with E-state index in [2.05, 4.69) is 0 Å². The van der Waals surface area contributed by atoms with Gasteiger partial charge >= 0.3 is 5.97 Å². The highest BCUT2D eigenvalue weighted by Crippen LogP contribution is 2.16. The monoisotopic (exact) mass is 178 g/mol. The Balaban J connectivity index is 1.86. The number of carbonyl (C=O) groups excluding carboxylic acids is 1. The van der Waals surface area contributed by atoms with Crippen LogP contribution in [0, 0.1) is 0 Å². The lowest BCUT2D eigenvalue weighted by molar-refractivity contribution is -0.134. The summed E-state index contributed by atoms with van der Waals surface area (Å²) < 4.78 is 9.96. The Kier molecular flexibility index (Phi) is 2.27. The van der Waals surface area contributed by atoms with Crippen molar-refractivity contribution in [1.82, 2.24) is 0 Å². The maximum Gasteiger partial charge on any atom is 0.313 e. The lowest BCUT2D eigenvalue weighted by Crippen LogP contribution is -2.10. The van der Waals surface area contributed by atoms with Crippen LogP contribution < -0.4 is 4.74 Å². The average molecular weight is 178 g/mol. The van der Waals surface area contributed by atoms with Crippen molar-refractivity contribution in [2.45, 2.75) is 12.5 Å². The molecule has 0 bridgehead atoms. The molecule has 68 valence electrons. The zero-order chi connectivity index (χ0) is 9.10. The SMILES string of the molecule is O=C(CC1CO1)Oc1ccccc1. The second kappa shape index (κ2) is 3.58. The van der Waals surface area contributed by atoms with E-state index < -0.39 is 0 Å². The van der Waals surface area contributed by atoms with E-state index >= 15 is 0 Å². The van der Waals surface area contributed by atoms with Crippen LogP contribution in [0.15, 0.2) is 30.3 Å². The van der Waals surface area contributed by atoms with E-state index in [-0.39, 0.29) is 12.1 Å². The summed E-state index contributed by atoms with van der Waals surface area (Å²) in [5.74, 6) is 0.363. The maximum atomic E-state index is 11.2. The van der Waals surface area contributed by atoms with Crippen LogP contribution in [-0.2, 0) is 9.53 Å². The molecule has 0 radical (unpaired) electrons. The molecule has 3 heteroatoms. The number of para-hydroxylation sites is 1. The highest BCUT2D eigenvalue weighted by Gasteiger charge is 2.26. The van der Waals surface area contributed by atoms with E-state index in [0.717, 1.165) is 0 Å². The Morgan fingerprint density at radius 3 is 2.77 bits per heavy atom. The van der Waals surface area contributed by atoms with Gasteiger partial charge < -0.3 is 9.47 Å². The molecule has 1 aliphatic heterocycles. The molecule has 3 nitrogen and oxygen atoms in total. The summed E-state index contributed by atoms with van der Waals surface area (Å²) in [6.07, 6.45) is 0.450. The fourth-order valence-corrected chi connectivity index (χ4v) is 1.03. The van der Waals surface area contributed by atoms with Gasteiger partial charge in [-0.3, -0.25) is 4.79 Å². The lowest BCUT2D eigenvalue weighted by atomic mass is 10.3. The first-order valence-corrected chi connectivity index (χ1v) is 4.22. The zero-order valence-electron chi connectivity index (χ0n) is 7.10. The second-order valence-corrected chi connectivity index (χ2v) is 2.95. The third-order valence-electron chi connectivity index (χ3n) is 1.77. The molecule has 1 atom stereocenters. The largest absolute Gasteiger partial charge is 0.426 e. The van der Waals surface area contributed by atoms with Crippen molar-refractivity contribution in [2.75, 3.05) is 6.61 Å². The normalized spacial score (nSPS) is 19.5. The molecule has 0 spiro atoms. The molecule has 1 aromatic carbocycles. The van der Waals surface area contributed by atoms with Crippen LogP contribution in [0.1, 0.15) is 6.42 Å². The van der Waals surface area contributed by atoms with Crippen molar-refractivity contribution >= 4 is 5.97 Å². The molecule has 2 rings (SSSR count). The molecule has 1 aliphatic rings. The molecule has 1 saturated heterocycles. The molecule has 13 heavy (non-hydrogen) atoms. The van der Waals surface area contributed by atoms with Gasteiger partial charge in [-0.05, 0) is 12.1 Å². The van der Waals surface area contributed by atoms with Crippen LogP contribution in [-0.4, -0.2) is 18.7 Å². The number of carbonyl (C=O) groups is 1. The van der Waals surface area contributed by atoms with Gasteiger partial charge in [-0.2, -0.15) is 0 Å². The number of esters is 1. The Bertz CT molecular complexity index is 290. The summed E-state index contributed by atoms with van der Waals surface area (Å²) in [5, 5.41) is 0. The number of rotatable bonds is 3.